The summed E-state index contributed by atoms with van der Waals surface area (Å²) in [5.74, 6) is 1.44. The van der Waals surface area contributed by atoms with Crippen molar-refractivity contribution in [1.82, 2.24) is 40.4 Å². The van der Waals surface area contributed by atoms with Gasteiger partial charge in [-0.05, 0) is 47.9 Å². The van der Waals surface area contributed by atoms with Gasteiger partial charge in [-0.3, -0.25) is 9.59 Å². The van der Waals surface area contributed by atoms with Crippen LogP contribution in [0.1, 0.15) is 64.3 Å². The van der Waals surface area contributed by atoms with E-state index in [1.54, 1.807) is 36.4 Å². The molecular weight excluding hydrogens is 825 g/mol. The summed E-state index contributed by atoms with van der Waals surface area (Å²) < 4.78 is 33.2. The molecule has 1 fully saturated rings. The first-order chi connectivity index (χ1) is 30.9. The molecule has 18 heteroatoms. The molecule has 344 valence electrons. The van der Waals surface area contributed by atoms with Crippen LogP contribution in [-0.2, 0) is 28.5 Å². The van der Waals surface area contributed by atoms with Crippen molar-refractivity contribution in [2.45, 2.75) is 64.7 Å². The van der Waals surface area contributed by atoms with E-state index in [2.05, 4.69) is 25.6 Å². The Morgan fingerprint density at radius 3 is 1.81 bits per heavy atom. The van der Waals surface area contributed by atoms with Gasteiger partial charge in [0.25, 0.3) is 0 Å². The minimum atomic E-state index is -0.765. The molecule has 0 bridgehead atoms. The molecule has 0 unspecified atom stereocenters. The molecule has 4 amide bonds. The fourth-order valence-corrected chi connectivity index (χ4v) is 7.91. The first-order valence-electron chi connectivity index (χ1n) is 21.5. The highest BCUT2D eigenvalue weighted by Gasteiger charge is 2.38. The van der Waals surface area contributed by atoms with Crippen LogP contribution >= 0.6 is 0 Å². The normalized spacial score (nSPS) is 16.8. The van der Waals surface area contributed by atoms with Crippen LogP contribution in [0, 0.1) is 11.8 Å². The number of nitrogens with zero attached hydrogens (tertiary/aromatic N) is 4. The molecular formula is C46H60N8O10. The highest BCUT2D eigenvalue weighted by Crippen LogP contribution is 2.46. The van der Waals surface area contributed by atoms with E-state index in [1.165, 1.54) is 14.2 Å². The minimum Gasteiger partial charge on any atom is -0.487 e. The summed E-state index contributed by atoms with van der Waals surface area (Å²) in [5.41, 5.74) is 4.63. The maximum absolute atomic E-state index is 13.8. The predicted molar refractivity (Wildman–Crippen MR) is 237 cm³/mol. The zero-order valence-electron chi connectivity index (χ0n) is 37.8. The van der Waals surface area contributed by atoms with Crippen LogP contribution in [0.4, 0.5) is 9.59 Å². The lowest BCUT2D eigenvalue weighted by atomic mass is 9.98. The van der Waals surface area contributed by atoms with E-state index < -0.39 is 30.3 Å². The summed E-state index contributed by atoms with van der Waals surface area (Å²) in [6.45, 7) is 9.56. The number of H-pyrrole nitrogens is 2. The standard InChI is InChI=1S/C46H60N8O10/c1-27(2)37(51-45(57)61-7)43(55)53-19-9-11-35(53)41-47-25-33(49-41)30-15-13-29(14-16-30)31-17-18-32(40(64-24-22-60-6)39(31)63-23-21-59-5)34-26-48-42(50-34)36-12-10-20-54(36)44(56)38(28(3)4)52-46(58)62-8/h9,11,13-18,25-28,35-38H,10,12,19-24H2,1-8H3,(H,47,49)(H,48,50)(H,51,57)(H,52,58)/t35-,36-,37-,38-/m0/s1. The van der Waals surface area contributed by atoms with Gasteiger partial charge in [0.2, 0.25) is 11.8 Å². The summed E-state index contributed by atoms with van der Waals surface area (Å²) in [5, 5.41) is 5.37. The molecule has 0 radical (unpaired) electrons. The maximum atomic E-state index is 13.8. The highest BCUT2D eigenvalue weighted by atomic mass is 16.6. The van der Waals surface area contributed by atoms with E-state index in [1.807, 2.05) is 76.2 Å². The molecule has 1 saturated heterocycles. The van der Waals surface area contributed by atoms with Crippen LogP contribution in [0.3, 0.4) is 0 Å². The number of hydrogen-bond donors (Lipinski definition) is 4. The Kier molecular flexibility index (Phi) is 16.0. The van der Waals surface area contributed by atoms with Crippen molar-refractivity contribution in [3.8, 4) is 45.1 Å². The van der Waals surface area contributed by atoms with E-state index >= 15 is 0 Å². The number of likely N-dealkylation sites (tertiary alicyclic amines) is 1. The molecule has 4 N–H and O–H groups in total. The molecule has 2 aliphatic heterocycles. The predicted octanol–water partition coefficient (Wildman–Crippen LogP) is 6.05. The molecule has 18 nitrogen and oxygen atoms in total. The Hall–Kier alpha value is -6.40. The molecule has 6 rings (SSSR count). The highest BCUT2D eigenvalue weighted by molar-refractivity contribution is 5.88. The number of methoxy groups -OCH3 is 4. The lowest BCUT2D eigenvalue weighted by molar-refractivity contribution is -0.136. The van der Waals surface area contributed by atoms with Crippen molar-refractivity contribution in [1.29, 1.82) is 0 Å². The number of hydrogen-bond acceptors (Lipinski definition) is 12. The van der Waals surface area contributed by atoms with Gasteiger partial charge in [-0.2, -0.15) is 0 Å². The molecule has 0 saturated carbocycles. The zero-order chi connectivity index (χ0) is 45.9. The van der Waals surface area contributed by atoms with Crippen LogP contribution in [0.5, 0.6) is 11.5 Å². The summed E-state index contributed by atoms with van der Waals surface area (Å²) >= 11 is 0. The second-order valence-electron chi connectivity index (χ2n) is 16.2. The van der Waals surface area contributed by atoms with Crippen molar-refractivity contribution in [3.63, 3.8) is 0 Å². The molecule has 2 aliphatic rings. The summed E-state index contributed by atoms with van der Waals surface area (Å²) in [4.78, 5) is 71.4. The minimum absolute atomic E-state index is 0.163. The average Bonchev–Trinajstić information content (AvgIpc) is 4.14. The Labute approximate surface area is 373 Å². The maximum Gasteiger partial charge on any atom is 0.407 e. The third kappa shape index (κ3) is 10.7. The van der Waals surface area contributed by atoms with E-state index in [9.17, 15) is 19.2 Å². The van der Waals surface area contributed by atoms with Gasteiger partial charge in [0.05, 0.1) is 57.3 Å². The molecule has 4 aromatic rings. The van der Waals surface area contributed by atoms with Crippen molar-refractivity contribution < 1.29 is 47.6 Å². The van der Waals surface area contributed by atoms with Gasteiger partial charge in [-0.25, -0.2) is 19.6 Å². The summed E-state index contributed by atoms with van der Waals surface area (Å²) in [6, 6.07) is 9.57. The number of carbonyl (C=O) groups excluding carboxylic acids is 4. The molecule has 0 aliphatic carbocycles. The van der Waals surface area contributed by atoms with E-state index in [0.29, 0.717) is 67.1 Å². The molecule has 64 heavy (non-hydrogen) atoms. The first kappa shape index (κ1) is 47.1. The Morgan fingerprint density at radius 1 is 0.688 bits per heavy atom. The second kappa shape index (κ2) is 21.8. The van der Waals surface area contributed by atoms with E-state index in [-0.39, 0.29) is 42.9 Å². The van der Waals surface area contributed by atoms with Gasteiger partial charge < -0.3 is 58.8 Å². The third-order valence-electron chi connectivity index (χ3n) is 11.3. The topological polar surface area (TPSA) is 212 Å². The van der Waals surface area contributed by atoms with Gasteiger partial charge in [0.15, 0.2) is 11.5 Å². The fraction of sp³-hybridized carbons (Fsp3) is 0.478. The number of carbonyl (C=O) groups is 4. The lowest BCUT2D eigenvalue weighted by Crippen LogP contribution is -2.51. The second-order valence-corrected chi connectivity index (χ2v) is 16.2. The molecule has 2 aromatic carbocycles. The monoisotopic (exact) mass is 884 g/mol. The van der Waals surface area contributed by atoms with Crippen LogP contribution < -0.4 is 20.1 Å². The van der Waals surface area contributed by atoms with Crippen molar-refractivity contribution >= 4 is 24.0 Å². The number of ether oxygens (including phenoxy) is 6. The van der Waals surface area contributed by atoms with Crippen molar-refractivity contribution in [2.24, 2.45) is 11.8 Å². The average molecular weight is 885 g/mol. The summed E-state index contributed by atoms with van der Waals surface area (Å²) in [7, 11) is 5.76. The number of amides is 4. The van der Waals surface area contributed by atoms with Gasteiger partial charge in [-0.15, -0.1) is 0 Å². The van der Waals surface area contributed by atoms with Crippen LogP contribution in [0.2, 0.25) is 0 Å². The fourth-order valence-electron chi connectivity index (χ4n) is 7.91. The van der Waals surface area contributed by atoms with E-state index in [0.717, 1.165) is 28.8 Å². The van der Waals surface area contributed by atoms with Gasteiger partial charge in [-0.1, -0.05) is 64.1 Å². The number of rotatable bonds is 19. The molecule has 2 aromatic heterocycles. The van der Waals surface area contributed by atoms with Gasteiger partial charge >= 0.3 is 12.2 Å². The van der Waals surface area contributed by atoms with E-state index in [4.69, 9.17) is 33.4 Å². The SMILES string of the molecule is COCCOc1c(-c2ccc(-c3cnc([C@@H]4C=CCN4C(=O)[C@@H](NC(=O)OC)C(C)C)[nH]3)cc2)ccc(-c2cnc([C@@H]3CCCN3C(=O)[C@@H](NC(=O)OC)C(C)C)[nH]2)c1OCCOC. The smallest absolute Gasteiger partial charge is 0.407 e. The molecule has 4 atom stereocenters. The number of nitrogens with one attached hydrogen (secondary N) is 4. The number of benzene rings is 2. The third-order valence-corrected chi connectivity index (χ3v) is 11.3. The van der Waals surface area contributed by atoms with Crippen LogP contribution in [-0.4, -0.2) is 134 Å². The van der Waals surface area contributed by atoms with Crippen LogP contribution in [0.15, 0.2) is 60.9 Å². The first-order valence-corrected chi connectivity index (χ1v) is 21.5. The zero-order valence-corrected chi connectivity index (χ0v) is 37.8. The Bertz CT molecular complexity index is 2250. The number of alkyl carbamates (subject to hydrolysis) is 2. The summed E-state index contributed by atoms with van der Waals surface area (Å²) in [6.07, 6.45) is 7.45. The van der Waals surface area contributed by atoms with Crippen LogP contribution in [0.25, 0.3) is 33.6 Å². The largest absolute Gasteiger partial charge is 0.487 e. The number of imidazole rings is 2. The van der Waals surface area contributed by atoms with Crippen molar-refractivity contribution in [3.05, 3.63) is 72.6 Å². The van der Waals surface area contributed by atoms with Gasteiger partial charge in [0, 0.05) is 38.4 Å². The quantitative estimate of drug-likeness (QED) is 0.0627. The lowest BCUT2D eigenvalue weighted by Gasteiger charge is -2.30. The number of aromatic nitrogens is 4. The number of aromatic amines is 2. The van der Waals surface area contributed by atoms with Gasteiger partial charge in [0.1, 0.15) is 43.0 Å². The van der Waals surface area contributed by atoms with Crippen molar-refractivity contribution in [2.75, 3.05) is 68.0 Å². The Balaban J connectivity index is 1.28. The Morgan fingerprint density at radius 2 is 1.22 bits per heavy atom. The molecule has 4 heterocycles. The molecule has 0 spiro atoms.